The molecule has 17 heavy (non-hydrogen) atoms. The third-order valence-electron chi connectivity index (χ3n) is 3.85. The van der Waals surface area contributed by atoms with Crippen molar-refractivity contribution in [3.8, 4) is 0 Å². The van der Waals surface area contributed by atoms with E-state index < -0.39 is 5.41 Å². The molecule has 0 unspecified atom stereocenters. The van der Waals surface area contributed by atoms with Crippen LogP contribution in [0, 0.1) is 17.3 Å². The molecule has 1 fully saturated rings. The van der Waals surface area contributed by atoms with Gasteiger partial charge in [0.25, 0.3) is 0 Å². The molecule has 1 saturated carbocycles. The lowest BCUT2D eigenvalue weighted by Gasteiger charge is -2.45. The lowest BCUT2D eigenvalue weighted by atomic mass is 9.57. The summed E-state index contributed by atoms with van der Waals surface area (Å²) in [7, 11) is 0. The first-order valence-corrected chi connectivity index (χ1v) is 6.14. The SMILES string of the molecule is C=CC[C@@]12C=C[C@@H](CC1=O)C[C@@H]2C(=O)OCC. The molecule has 0 heterocycles. The Kier molecular flexibility index (Phi) is 3.18. The van der Waals surface area contributed by atoms with Crippen LogP contribution in [-0.4, -0.2) is 18.4 Å². The van der Waals surface area contributed by atoms with Crippen LogP contribution in [0.2, 0.25) is 0 Å². The van der Waals surface area contributed by atoms with Crippen LogP contribution in [0.3, 0.4) is 0 Å². The van der Waals surface area contributed by atoms with Crippen LogP contribution in [0.5, 0.6) is 0 Å². The first kappa shape index (κ1) is 12.1. The van der Waals surface area contributed by atoms with Crippen LogP contribution in [0.1, 0.15) is 26.2 Å². The van der Waals surface area contributed by atoms with E-state index in [9.17, 15) is 9.59 Å². The monoisotopic (exact) mass is 234 g/mol. The van der Waals surface area contributed by atoms with Gasteiger partial charge in [0.1, 0.15) is 5.78 Å². The third-order valence-corrected chi connectivity index (χ3v) is 3.85. The molecule has 0 aromatic rings. The van der Waals surface area contributed by atoms with Gasteiger partial charge in [-0.2, -0.15) is 0 Å². The van der Waals surface area contributed by atoms with Gasteiger partial charge in [-0.15, -0.1) is 6.58 Å². The van der Waals surface area contributed by atoms with Crippen LogP contribution in [0.4, 0.5) is 0 Å². The highest BCUT2D eigenvalue weighted by molar-refractivity contribution is 5.94. The van der Waals surface area contributed by atoms with Crippen molar-refractivity contribution >= 4 is 11.8 Å². The van der Waals surface area contributed by atoms with E-state index in [1.54, 1.807) is 13.0 Å². The lowest BCUT2D eigenvalue weighted by molar-refractivity contribution is -0.159. The molecule has 0 aliphatic heterocycles. The zero-order valence-corrected chi connectivity index (χ0v) is 10.1. The number of Topliss-reactive ketones (excluding diaryl/α,β-unsaturated/α-hetero) is 1. The molecule has 2 bridgehead atoms. The molecule has 3 aliphatic carbocycles. The van der Waals surface area contributed by atoms with Crippen molar-refractivity contribution in [2.75, 3.05) is 6.61 Å². The summed E-state index contributed by atoms with van der Waals surface area (Å²) in [4.78, 5) is 24.2. The second-order valence-corrected chi connectivity index (χ2v) is 4.82. The van der Waals surface area contributed by atoms with Crippen molar-refractivity contribution in [2.45, 2.75) is 26.2 Å². The minimum absolute atomic E-state index is 0.161. The number of rotatable bonds is 4. The molecule has 0 spiro atoms. The van der Waals surface area contributed by atoms with Gasteiger partial charge in [-0.25, -0.2) is 0 Å². The van der Waals surface area contributed by atoms with E-state index in [0.29, 0.717) is 19.4 Å². The van der Waals surface area contributed by atoms with Crippen molar-refractivity contribution in [1.29, 1.82) is 0 Å². The zero-order valence-electron chi connectivity index (χ0n) is 10.1. The van der Waals surface area contributed by atoms with Gasteiger partial charge in [0, 0.05) is 6.42 Å². The maximum atomic E-state index is 12.2. The van der Waals surface area contributed by atoms with Gasteiger partial charge in [0.15, 0.2) is 0 Å². The predicted octanol–water partition coefficient (Wildman–Crippen LogP) is 2.28. The fraction of sp³-hybridized carbons (Fsp3) is 0.571. The Morgan fingerprint density at radius 2 is 2.47 bits per heavy atom. The quantitative estimate of drug-likeness (QED) is 0.553. The summed E-state index contributed by atoms with van der Waals surface area (Å²) in [5.41, 5.74) is -0.678. The number of ketones is 1. The van der Waals surface area contributed by atoms with Gasteiger partial charge in [0.05, 0.1) is 17.9 Å². The molecule has 3 nitrogen and oxygen atoms in total. The van der Waals surface area contributed by atoms with Gasteiger partial charge < -0.3 is 4.74 Å². The maximum Gasteiger partial charge on any atom is 0.310 e. The molecule has 0 aromatic carbocycles. The summed E-state index contributed by atoms with van der Waals surface area (Å²) < 4.78 is 5.09. The standard InChI is InChI=1S/C14H18O3/c1-3-6-14-7-5-10(9-12(14)15)8-11(14)13(16)17-4-2/h3,5,7,10-11H,1,4,6,8-9H2,2H3/t10-,11-,14+/m1/s1. The van der Waals surface area contributed by atoms with Gasteiger partial charge in [-0.05, 0) is 25.7 Å². The van der Waals surface area contributed by atoms with Crippen molar-refractivity contribution in [2.24, 2.45) is 17.3 Å². The highest BCUT2D eigenvalue weighted by atomic mass is 16.5. The molecule has 3 aliphatic rings. The number of fused-ring (bicyclic) bond motifs is 2. The Hall–Kier alpha value is -1.38. The molecule has 0 radical (unpaired) electrons. The molecule has 0 saturated heterocycles. The molecule has 3 heteroatoms. The zero-order chi connectivity index (χ0) is 12.5. The molecule has 3 rings (SSSR count). The number of allylic oxidation sites excluding steroid dienone is 3. The fourth-order valence-corrected chi connectivity index (χ4v) is 2.99. The summed E-state index contributed by atoms with van der Waals surface area (Å²) in [5.74, 6) is -0.189. The number of esters is 1. The van der Waals surface area contributed by atoms with E-state index in [-0.39, 0.29) is 23.6 Å². The Morgan fingerprint density at radius 1 is 1.71 bits per heavy atom. The number of ether oxygens (including phenoxy) is 1. The average Bonchev–Trinajstić information content (AvgIpc) is 2.31. The van der Waals surface area contributed by atoms with Gasteiger partial charge >= 0.3 is 5.97 Å². The first-order chi connectivity index (χ1) is 8.14. The molecule has 3 atom stereocenters. The van der Waals surface area contributed by atoms with E-state index in [1.807, 2.05) is 6.08 Å². The van der Waals surface area contributed by atoms with Crippen molar-refractivity contribution in [3.63, 3.8) is 0 Å². The van der Waals surface area contributed by atoms with E-state index >= 15 is 0 Å². The minimum Gasteiger partial charge on any atom is -0.466 e. The fourth-order valence-electron chi connectivity index (χ4n) is 2.99. The number of hydrogen-bond donors (Lipinski definition) is 0. The summed E-state index contributed by atoms with van der Waals surface area (Å²) in [5, 5.41) is 0. The van der Waals surface area contributed by atoms with E-state index in [1.165, 1.54) is 0 Å². The number of carbonyl (C=O) groups excluding carboxylic acids is 2. The second kappa shape index (κ2) is 4.47. The van der Waals surface area contributed by atoms with Gasteiger partial charge in [-0.3, -0.25) is 9.59 Å². The topological polar surface area (TPSA) is 43.4 Å². The van der Waals surface area contributed by atoms with Crippen molar-refractivity contribution in [1.82, 2.24) is 0 Å². The average molecular weight is 234 g/mol. The Morgan fingerprint density at radius 3 is 3.06 bits per heavy atom. The van der Waals surface area contributed by atoms with Gasteiger partial charge in [-0.1, -0.05) is 18.2 Å². The summed E-state index contributed by atoms with van der Waals surface area (Å²) in [6, 6.07) is 0. The number of hydrogen-bond acceptors (Lipinski definition) is 3. The Bertz CT molecular complexity index is 383. The third kappa shape index (κ3) is 1.84. The molecule has 0 amide bonds. The largest absolute Gasteiger partial charge is 0.466 e. The summed E-state index contributed by atoms with van der Waals surface area (Å²) in [6.07, 6.45) is 7.52. The van der Waals surface area contributed by atoms with Crippen LogP contribution >= 0.6 is 0 Å². The maximum absolute atomic E-state index is 12.2. The smallest absolute Gasteiger partial charge is 0.310 e. The van der Waals surface area contributed by atoms with Crippen molar-refractivity contribution < 1.29 is 14.3 Å². The highest BCUT2D eigenvalue weighted by Crippen LogP contribution is 2.50. The molecule has 0 aromatic heterocycles. The molecular formula is C14H18O3. The molecule has 0 N–H and O–H groups in total. The number of carbonyl (C=O) groups is 2. The predicted molar refractivity (Wildman–Crippen MR) is 64.2 cm³/mol. The summed E-state index contributed by atoms with van der Waals surface area (Å²) in [6.45, 7) is 5.85. The minimum atomic E-state index is -0.678. The molecular weight excluding hydrogens is 216 g/mol. The van der Waals surface area contributed by atoms with Gasteiger partial charge in [0.2, 0.25) is 0 Å². The van der Waals surface area contributed by atoms with E-state index in [0.717, 1.165) is 6.42 Å². The second-order valence-electron chi connectivity index (χ2n) is 4.82. The van der Waals surface area contributed by atoms with Crippen LogP contribution in [-0.2, 0) is 14.3 Å². The van der Waals surface area contributed by atoms with Crippen LogP contribution < -0.4 is 0 Å². The molecule has 92 valence electrons. The normalized spacial score (nSPS) is 34.8. The first-order valence-electron chi connectivity index (χ1n) is 6.14. The van der Waals surface area contributed by atoms with Crippen LogP contribution in [0.25, 0.3) is 0 Å². The Labute approximate surface area is 102 Å². The van der Waals surface area contributed by atoms with Crippen LogP contribution in [0.15, 0.2) is 24.8 Å². The van der Waals surface area contributed by atoms with Crippen molar-refractivity contribution in [3.05, 3.63) is 24.8 Å². The Balaban J connectivity index is 2.33. The summed E-state index contributed by atoms with van der Waals surface area (Å²) >= 11 is 0. The lowest BCUT2D eigenvalue weighted by Crippen LogP contribution is -2.49. The van der Waals surface area contributed by atoms with E-state index in [4.69, 9.17) is 4.74 Å². The van der Waals surface area contributed by atoms with E-state index in [2.05, 4.69) is 12.7 Å². The highest BCUT2D eigenvalue weighted by Gasteiger charge is 2.53.